The number of fused-ring (bicyclic) bond motifs is 1. The van der Waals surface area contributed by atoms with Crippen molar-refractivity contribution in [2.45, 2.75) is 40.2 Å². The smallest absolute Gasteiger partial charge is 0.419 e. The van der Waals surface area contributed by atoms with Gasteiger partial charge in [0.1, 0.15) is 5.60 Å². The average molecular weight is 274 g/mol. The second kappa shape index (κ2) is 4.74. The number of aldehydes is 1. The van der Waals surface area contributed by atoms with Crippen LogP contribution in [0.15, 0.2) is 12.1 Å². The van der Waals surface area contributed by atoms with Gasteiger partial charge in [0.2, 0.25) is 0 Å². The third-order valence-electron chi connectivity index (χ3n) is 2.93. The topological polar surface area (TPSA) is 61.2 Å². The summed E-state index contributed by atoms with van der Waals surface area (Å²) in [5, 5.41) is 0. The summed E-state index contributed by atoms with van der Waals surface area (Å²) in [6, 6.07) is 3.58. The summed E-state index contributed by atoms with van der Waals surface area (Å²) < 4.78 is 6.78. The van der Waals surface area contributed by atoms with Crippen LogP contribution in [0.5, 0.6) is 0 Å². The van der Waals surface area contributed by atoms with Crippen molar-refractivity contribution in [3.8, 4) is 0 Å². The highest BCUT2D eigenvalue weighted by Gasteiger charge is 2.24. The Labute approximate surface area is 117 Å². The predicted molar refractivity (Wildman–Crippen MR) is 76.2 cm³/mol. The first-order chi connectivity index (χ1) is 9.24. The van der Waals surface area contributed by atoms with E-state index in [1.54, 1.807) is 39.8 Å². The predicted octanol–water partition coefficient (Wildman–Crippen LogP) is 3.25. The Bertz CT molecular complexity index is 693. The zero-order chi connectivity index (χ0) is 15.1. The molecule has 0 radical (unpaired) electrons. The van der Waals surface area contributed by atoms with E-state index in [-0.39, 0.29) is 0 Å². The van der Waals surface area contributed by atoms with Gasteiger partial charge in [0.05, 0.1) is 16.6 Å². The number of pyridine rings is 1. The first-order valence-electron chi connectivity index (χ1n) is 6.42. The van der Waals surface area contributed by atoms with Crippen LogP contribution in [0.1, 0.15) is 42.5 Å². The lowest BCUT2D eigenvalue weighted by molar-refractivity contribution is 0.0541. The van der Waals surface area contributed by atoms with Crippen molar-refractivity contribution in [3.63, 3.8) is 0 Å². The summed E-state index contributed by atoms with van der Waals surface area (Å²) >= 11 is 0. The van der Waals surface area contributed by atoms with Crippen molar-refractivity contribution in [1.29, 1.82) is 0 Å². The molecule has 0 aliphatic carbocycles. The lowest BCUT2D eigenvalue weighted by Crippen LogP contribution is -2.27. The Hall–Kier alpha value is -2.17. The van der Waals surface area contributed by atoms with Crippen LogP contribution in [-0.4, -0.2) is 27.5 Å². The Morgan fingerprint density at radius 2 is 1.95 bits per heavy atom. The maximum Gasteiger partial charge on any atom is 0.419 e. The Morgan fingerprint density at radius 3 is 2.50 bits per heavy atom. The molecule has 0 N–H and O–H groups in total. The average Bonchev–Trinajstić information content (AvgIpc) is 2.57. The van der Waals surface area contributed by atoms with E-state index in [0.29, 0.717) is 22.3 Å². The van der Waals surface area contributed by atoms with Crippen molar-refractivity contribution in [3.05, 3.63) is 29.1 Å². The fourth-order valence-electron chi connectivity index (χ4n) is 2.08. The molecule has 0 saturated carbocycles. The van der Waals surface area contributed by atoms with Crippen LogP contribution < -0.4 is 0 Å². The van der Waals surface area contributed by atoms with Gasteiger partial charge in [-0.3, -0.25) is 9.78 Å². The van der Waals surface area contributed by atoms with E-state index in [4.69, 9.17) is 4.74 Å². The van der Waals surface area contributed by atoms with Gasteiger partial charge in [0, 0.05) is 11.4 Å². The van der Waals surface area contributed by atoms with Crippen LogP contribution >= 0.6 is 0 Å². The number of carbonyl (C=O) groups is 2. The summed E-state index contributed by atoms with van der Waals surface area (Å²) in [5.41, 5.74) is 2.28. The minimum absolute atomic E-state index is 0.426. The number of aromatic nitrogens is 2. The lowest BCUT2D eigenvalue weighted by Gasteiger charge is -2.20. The molecule has 0 unspecified atom stereocenters. The van der Waals surface area contributed by atoms with E-state index >= 15 is 0 Å². The molecule has 106 valence electrons. The highest BCUT2D eigenvalue weighted by atomic mass is 16.6. The van der Waals surface area contributed by atoms with Gasteiger partial charge in [-0.2, -0.15) is 0 Å². The number of rotatable bonds is 1. The summed E-state index contributed by atoms with van der Waals surface area (Å²) in [7, 11) is 0. The summed E-state index contributed by atoms with van der Waals surface area (Å²) in [4.78, 5) is 27.9. The molecule has 0 bridgehead atoms. The van der Waals surface area contributed by atoms with Crippen molar-refractivity contribution < 1.29 is 14.3 Å². The fraction of sp³-hybridized carbons (Fsp3) is 0.400. The minimum atomic E-state index is -0.598. The molecule has 2 rings (SSSR count). The van der Waals surface area contributed by atoms with E-state index in [1.165, 1.54) is 4.57 Å². The van der Waals surface area contributed by atoms with Crippen LogP contribution in [0, 0.1) is 13.8 Å². The lowest BCUT2D eigenvalue weighted by atomic mass is 10.2. The van der Waals surface area contributed by atoms with E-state index in [2.05, 4.69) is 4.98 Å². The molecule has 5 heteroatoms. The molecule has 0 amide bonds. The van der Waals surface area contributed by atoms with Gasteiger partial charge in [-0.1, -0.05) is 0 Å². The van der Waals surface area contributed by atoms with Crippen molar-refractivity contribution >= 4 is 23.4 Å². The second-order valence-electron chi connectivity index (χ2n) is 5.75. The molecule has 0 saturated heterocycles. The monoisotopic (exact) mass is 274 g/mol. The quantitative estimate of drug-likeness (QED) is 0.749. The molecule has 0 atom stereocenters. The number of hydrogen-bond acceptors (Lipinski definition) is 4. The van der Waals surface area contributed by atoms with Gasteiger partial charge in [-0.25, -0.2) is 9.36 Å². The van der Waals surface area contributed by atoms with Crippen LogP contribution in [0.4, 0.5) is 4.79 Å². The zero-order valence-corrected chi connectivity index (χ0v) is 12.4. The number of nitrogens with zero attached hydrogens (tertiary/aromatic N) is 2. The van der Waals surface area contributed by atoms with Crippen LogP contribution in [0.3, 0.4) is 0 Å². The van der Waals surface area contributed by atoms with Gasteiger partial charge in [-0.15, -0.1) is 0 Å². The zero-order valence-electron chi connectivity index (χ0n) is 12.4. The van der Waals surface area contributed by atoms with Gasteiger partial charge in [0.25, 0.3) is 0 Å². The molecular formula is C15H18N2O3. The number of carbonyl (C=O) groups excluding carboxylic acids is 2. The highest BCUT2D eigenvalue weighted by molar-refractivity contribution is 6.01. The maximum absolute atomic E-state index is 12.3. The van der Waals surface area contributed by atoms with Crippen LogP contribution in [-0.2, 0) is 4.74 Å². The highest BCUT2D eigenvalue weighted by Crippen LogP contribution is 2.24. The largest absolute Gasteiger partial charge is 0.443 e. The molecule has 0 aliphatic heterocycles. The molecule has 5 nitrogen and oxygen atoms in total. The number of ether oxygens (including phenoxy) is 1. The van der Waals surface area contributed by atoms with E-state index in [1.807, 2.05) is 6.92 Å². The Balaban J connectivity index is 2.67. The molecule has 20 heavy (non-hydrogen) atoms. The summed E-state index contributed by atoms with van der Waals surface area (Å²) in [5.74, 6) is 0. The molecular weight excluding hydrogens is 256 g/mol. The van der Waals surface area contributed by atoms with Gasteiger partial charge in [-0.05, 0) is 46.8 Å². The van der Waals surface area contributed by atoms with E-state index < -0.39 is 11.7 Å². The summed E-state index contributed by atoms with van der Waals surface area (Å²) in [6.07, 6.45) is 0.226. The van der Waals surface area contributed by atoms with Crippen molar-refractivity contribution in [2.24, 2.45) is 0 Å². The Kier molecular flexibility index (Phi) is 3.38. The van der Waals surface area contributed by atoms with Gasteiger partial charge >= 0.3 is 6.09 Å². The maximum atomic E-state index is 12.3. The van der Waals surface area contributed by atoms with Crippen LogP contribution in [0.25, 0.3) is 11.0 Å². The fourth-order valence-corrected chi connectivity index (χ4v) is 2.08. The second-order valence-corrected chi connectivity index (χ2v) is 5.75. The molecule has 0 aromatic carbocycles. The van der Waals surface area contributed by atoms with Crippen molar-refractivity contribution in [2.75, 3.05) is 0 Å². The van der Waals surface area contributed by atoms with E-state index in [9.17, 15) is 9.59 Å². The first kappa shape index (κ1) is 14.2. The standard InChI is InChI=1S/C15H18N2O3/c1-9-6-7-12-13(16-9)11(8-18)10(2)17(12)14(19)20-15(3,4)5/h6-8H,1-5H3. The third kappa shape index (κ3) is 2.43. The molecule has 0 aliphatic rings. The van der Waals surface area contributed by atoms with Crippen molar-refractivity contribution in [1.82, 2.24) is 9.55 Å². The third-order valence-corrected chi connectivity index (χ3v) is 2.93. The minimum Gasteiger partial charge on any atom is -0.443 e. The summed E-state index contributed by atoms with van der Waals surface area (Å²) in [6.45, 7) is 8.96. The van der Waals surface area contributed by atoms with E-state index in [0.717, 1.165) is 12.0 Å². The number of aryl methyl sites for hydroxylation is 1. The normalized spacial score (nSPS) is 11.7. The number of hydrogen-bond donors (Lipinski definition) is 0. The van der Waals surface area contributed by atoms with Gasteiger partial charge < -0.3 is 4.74 Å². The molecule has 0 fully saturated rings. The molecule has 0 spiro atoms. The SMILES string of the molecule is Cc1ccc2c(n1)c(C=O)c(C)n2C(=O)OC(C)(C)C. The molecule has 2 aromatic rings. The molecule has 2 heterocycles. The van der Waals surface area contributed by atoms with Crippen LogP contribution in [0.2, 0.25) is 0 Å². The molecule has 2 aromatic heterocycles. The first-order valence-corrected chi connectivity index (χ1v) is 6.42. The Morgan fingerprint density at radius 1 is 1.30 bits per heavy atom. The van der Waals surface area contributed by atoms with Gasteiger partial charge in [0.15, 0.2) is 6.29 Å².